The molecule has 0 heterocycles. The molecular formula is C21H23NO5. The molecule has 0 aliphatic carbocycles. The van der Waals surface area contributed by atoms with Crippen molar-refractivity contribution < 1.29 is 23.8 Å². The first-order valence-electron chi connectivity index (χ1n) is 8.55. The van der Waals surface area contributed by atoms with Crippen molar-refractivity contribution in [2.24, 2.45) is 0 Å². The van der Waals surface area contributed by atoms with Crippen LogP contribution in [0.4, 0.5) is 5.69 Å². The molecule has 0 saturated heterocycles. The smallest absolute Gasteiger partial charge is 0.338 e. The van der Waals surface area contributed by atoms with Crippen molar-refractivity contribution in [3.8, 4) is 11.5 Å². The first kappa shape index (κ1) is 20.0. The molecule has 0 radical (unpaired) electrons. The predicted molar refractivity (Wildman–Crippen MR) is 104 cm³/mol. The lowest BCUT2D eigenvalue weighted by Gasteiger charge is -2.07. The van der Waals surface area contributed by atoms with Crippen LogP contribution in [-0.2, 0) is 9.53 Å². The summed E-state index contributed by atoms with van der Waals surface area (Å²) in [7, 11) is 3.12. The number of carbonyl (C=O) groups is 2. The van der Waals surface area contributed by atoms with Crippen LogP contribution in [0.2, 0.25) is 0 Å². The molecule has 2 aromatic carbocycles. The number of hydrogen-bond donors (Lipinski definition) is 1. The Balaban J connectivity index is 1.97. The van der Waals surface area contributed by atoms with Crippen molar-refractivity contribution in [1.29, 1.82) is 0 Å². The van der Waals surface area contributed by atoms with Gasteiger partial charge < -0.3 is 19.5 Å². The maximum Gasteiger partial charge on any atom is 0.338 e. The molecule has 142 valence electrons. The van der Waals surface area contributed by atoms with Crippen LogP contribution in [0.15, 0.2) is 48.5 Å². The number of hydrogen-bond acceptors (Lipinski definition) is 5. The van der Waals surface area contributed by atoms with E-state index in [2.05, 4.69) is 5.32 Å². The monoisotopic (exact) mass is 369 g/mol. The van der Waals surface area contributed by atoms with E-state index >= 15 is 0 Å². The van der Waals surface area contributed by atoms with Gasteiger partial charge in [-0.25, -0.2) is 4.79 Å². The second-order valence-electron chi connectivity index (χ2n) is 5.65. The quantitative estimate of drug-likeness (QED) is 0.564. The molecule has 0 fully saturated rings. The van der Waals surface area contributed by atoms with E-state index in [4.69, 9.17) is 14.2 Å². The van der Waals surface area contributed by atoms with Crippen molar-refractivity contribution in [3.63, 3.8) is 0 Å². The maximum atomic E-state index is 12.1. The largest absolute Gasteiger partial charge is 0.493 e. The standard InChI is InChI=1S/C21H23NO5/c1-4-13-27-21(24)16-7-9-17(10-8-16)22-20(23)12-6-15-5-11-18(25-2)19(14-15)26-3/h5-12,14H,4,13H2,1-3H3,(H,22,23)/b12-6+. The molecule has 0 atom stereocenters. The normalized spacial score (nSPS) is 10.5. The SMILES string of the molecule is CCCOC(=O)c1ccc(NC(=O)/C=C/c2ccc(OC)c(OC)c2)cc1. The molecule has 0 aromatic heterocycles. The van der Waals surface area contributed by atoms with Gasteiger partial charge in [-0.3, -0.25) is 4.79 Å². The van der Waals surface area contributed by atoms with E-state index in [0.29, 0.717) is 29.4 Å². The summed E-state index contributed by atoms with van der Waals surface area (Å²) in [4.78, 5) is 23.8. The number of esters is 1. The Kier molecular flexibility index (Phi) is 7.43. The molecule has 0 spiro atoms. The van der Waals surface area contributed by atoms with E-state index in [9.17, 15) is 9.59 Å². The van der Waals surface area contributed by atoms with E-state index < -0.39 is 0 Å². The Morgan fingerprint density at radius 3 is 2.33 bits per heavy atom. The van der Waals surface area contributed by atoms with Crippen molar-refractivity contribution in [1.82, 2.24) is 0 Å². The fourth-order valence-electron chi connectivity index (χ4n) is 2.28. The summed E-state index contributed by atoms with van der Waals surface area (Å²) >= 11 is 0. The van der Waals surface area contributed by atoms with Crippen molar-refractivity contribution in [3.05, 3.63) is 59.7 Å². The van der Waals surface area contributed by atoms with Gasteiger partial charge in [0.2, 0.25) is 5.91 Å². The van der Waals surface area contributed by atoms with Crippen molar-refractivity contribution >= 4 is 23.6 Å². The van der Waals surface area contributed by atoms with E-state index in [0.717, 1.165) is 12.0 Å². The van der Waals surface area contributed by atoms with Gasteiger partial charge in [-0.15, -0.1) is 0 Å². The van der Waals surface area contributed by atoms with Gasteiger partial charge in [0.1, 0.15) is 0 Å². The number of methoxy groups -OCH3 is 2. The zero-order valence-corrected chi connectivity index (χ0v) is 15.7. The summed E-state index contributed by atoms with van der Waals surface area (Å²) in [5, 5.41) is 2.74. The summed E-state index contributed by atoms with van der Waals surface area (Å²) < 4.78 is 15.5. The second-order valence-corrected chi connectivity index (χ2v) is 5.65. The molecule has 0 aliphatic heterocycles. The molecule has 0 unspecified atom stereocenters. The Hall–Kier alpha value is -3.28. The first-order chi connectivity index (χ1) is 13.1. The number of amides is 1. The minimum atomic E-state index is -0.372. The average molecular weight is 369 g/mol. The highest BCUT2D eigenvalue weighted by molar-refractivity contribution is 6.02. The number of benzene rings is 2. The van der Waals surface area contributed by atoms with E-state index in [1.165, 1.54) is 6.08 Å². The molecule has 6 nitrogen and oxygen atoms in total. The van der Waals surface area contributed by atoms with Gasteiger partial charge in [0.05, 0.1) is 26.4 Å². The van der Waals surface area contributed by atoms with Crippen LogP contribution >= 0.6 is 0 Å². The highest BCUT2D eigenvalue weighted by Gasteiger charge is 2.07. The van der Waals surface area contributed by atoms with Crippen LogP contribution in [0.25, 0.3) is 6.08 Å². The summed E-state index contributed by atoms with van der Waals surface area (Å²) in [5.74, 6) is 0.552. The van der Waals surface area contributed by atoms with Gasteiger partial charge in [-0.1, -0.05) is 13.0 Å². The molecule has 2 aromatic rings. The first-order valence-corrected chi connectivity index (χ1v) is 8.55. The molecule has 0 saturated carbocycles. The van der Waals surface area contributed by atoms with Crippen molar-refractivity contribution in [2.45, 2.75) is 13.3 Å². The fourth-order valence-corrected chi connectivity index (χ4v) is 2.28. The molecule has 1 amide bonds. The second kappa shape index (κ2) is 10.0. The van der Waals surface area contributed by atoms with Crippen LogP contribution < -0.4 is 14.8 Å². The topological polar surface area (TPSA) is 73.9 Å². The number of ether oxygens (including phenoxy) is 3. The molecular weight excluding hydrogens is 346 g/mol. The van der Waals surface area contributed by atoms with Gasteiger partial charge in [-0.2, -0.15) is 0 Å². The molecule has 1 N–H and O–H groups in total. The summed E-state index contributed by atoms with van der Waals surface area (Å²) in [5.41, 5.74) is 1.84. The minimum absolute atomic E-state index is 0.286. The Morgan fingerprint density at radius 2 is 1.70 bits per heavy atom. The van der Waals surface area contributed by atoms with Gasteiger partial charge in [0.15, 0.2) is 11.5 Å². The van der Waals surface area contributed by atoms with Crippen LogP contribution in [0.5, 0.6) is 11.5 Å². The lowest BCUT2D eigenvalue weighted by molar-refractivity contribution is -0.111. The predicted octanol–water partition coefficient (Wildman–Crippen LogP) is 3.92. The summed E-state index contributed by atoms with van der Waals surface area (Å²) in [6.07, 6.45) is 3.87. The maximum absolute atomic E-state index is 12.1. The number of anilines is 1. The van der Waals surface area contributed by atoms with Gasteiger partial charge >= 0.3 is 5.97 Å². The van der Waals surface area contributed by atoms with Gasteiger partial charge in [0, 0.05) is 11.8 Å². The van der Waals surface area contributed by atoms with Crippen molar-refractivity contribution in [2.75, 3.05) is 26.1 Å². The number of nitrogens with one attached hydrogen (secondary N) is 1. The highest BCUT2D eigenvalue weighted by atomic mass is 16.5. The van der Waals surface area contributed by atoms with Crippen LogP contribution in [0.1, 0.15) is 29.3 Å². The third-order valence-electron chi connectivity index (χ3n) is 3.66. The van der Waals surface area contributed by atoms with Gasteiger partial charge in [-0.05, 0) is 54.5 Å². The van der Waals surface area contributed by atoms with Crippen LogP contribution in [0.3, 0.4) is 0 Å². The summed E-state index contributed by atoms with van der Waals surface area (Å²) in [6.45, 7) is 2.32. The Morgan fingerprint density at radius 1 is 1.00 bits per heavy atom. The summed E-state index contributed by atoms with van der Waals surface area (Å²) in [6, 6.07) is 11.9. The van der Waals surface area contributed by atoms with Crippen LogP contribution in [-0.4, -0.2) is 32.7 Å². The zero-order chi connectivity index (χ0) is 19.6. The lowest BCUT2D eigenvalue weighted by atomic mass is 10.2. The minimum Gasteiger partial charge on any atom is -0.493 e. The number of rotatable bonds is 8. The Labute approximate surface area is 158 Å². The highest BCUT2D eigenvalue weighted by Crippen LogP contribution is 2.27. The Bertz CT molecular complexity index is 812. The third-order valence-corrected chi connectivity index (χ3v) is 3.66. The molecule has 27 heavy (non-hydrogen) atoms. The third kappa shape index (κ3) is 5.88. The van der Waals surface area contributed by atoms with E-state index in [1.54, 1.807) is 56.7 Å². The zero-order valence-electron chi connectivity index (χ0n) is 15.7. The molecule has 0 aliphatic rings. The molecule has 0 bridgehead atoms. The van der Waals surface area contributed by atoms with E-state index in [-0.39, 0.29) is 11.9 Å². The molecule has 2 rings (SSSR count). The van der Waals surface area contributed by atoms with Crippen LogP contribution in [0, 0.1) is 0 Å². The fraction of sp³-hybridized carbons (Fsp3) is 0.238. The number of carbonyl (C=O) groups excluding carboxylic acids is 2. The molecule has 6 heteroatoms. The van der Waals surface area contributed by atoms with Gasteiger partial charge in [0.25, 0.3) is 0 Å². The van der Waals surface area contributed by atoms with E-state index in [1.807, 2.05) is 13.0 Å². The lowest BCUT2D eigenvalue weighted by Crippen LogP contribution is -2.09. The average Bonchev–Trinajstić information content (AvgIpc) is 2.70.